The molecule has 4 heteroatoms. The predicted octanol–water partition coefficient (Wildman–Crippen LogP) is 3.10. The number of carbonyl (C=O) groups is 1. The molecule has 0 aliphatic heterocycles. The Hall–Kier alpha value is -2.13. The van der Waals surface area contributed by atoms with Crippen LogP contribution in [0.15, 0.2) is 54.6 Å². The van der Waals surface area contributed by atoms with Gasteiger partial charge in [-0.3, -0.25) is 10.2 Å². The first-order valence-corrected chi connectivity index (χ1v) is 5.75. The molecular weight excluding hydrogens is 248 g/mol. The summed E-state index contributed by atoms with van der Waals surface area (Å²) in [6.45, 7) is 0. The van der Waals surface area contributed by atoms with Gasteiger partial charge in [-0.15, -0.1) is 0 Å². The fourth-order valence-corrected chi connectivity index (χ4v) is 1.59. The molecule has 0 aliphatic rings. The van der Waals surface area contributed by atoms with E-state index >= 15 is 0 Å². The van der Waals surface area contributed by atoms with Gasteiger partial charge in [-0.2, -0.15) is 0 Å². The number of rotatable bonds is 2. The Labute approximate surface area is 110 Å². The van der Waals surface area contributed by atoms with Gasteiger partial charge in [-0.05, 0) is 36.4 Å². The van der Waals surface area contributed by atoms with Crippen LogP contribution >= 0.6 is 11.6 Å². The first-order valence-electron chi connectivity index (χ1n) is 5.38. The lowest BCUT2D eigenvalue weighted by atomic mass is 10.2. The summed E-state index contributed by atoms with van der Waals surface area (Å²) in [5.41, 5.74) is 1.14. The Balaban J connectivity index is 2.08. The van der Waals surface area contributed by atoms with Crippen LogP contribution in [0.2, 0.25) is 5.02 Å². The molecule has 0 aromatic heterocycles. The highest BCUT2D eigenvalue weighted by Gasteiger charge is 2.08. The summed E-state index contributed by atoms with van der Waals surface area (Å²) in [5.74, 6) is -0.240. The number of hydrogen-bond donors (Lipinski definition) is 2. The summed E-state index contributed by atoms with van der Waals surface area (Å²) in [4.78, 5) is 11.8. The number of amides is 1. The summed E-state index contributed by atoms with van der Waals surface area (Å²) < 4.78 is 0. The molecule has 0 bridgehead atoms. The Kier molecular flexibility index (Phi) is 3.75. The molecule has 90 valence electrons. The molecule has 2 aromatic carbocycles. The second-order valence-corrected chi connectivity index (χ2v) is 4.14. The second-order valence-electron chi connectivity index (χ2n) is 3.70. The summed E-state index contributed by atoms with van der Waals surface area (Å²) in [7, 11) is 0. The van der Waals surface area contributed by atoms with E-state index in [1.54, 1.807) is 48.5 Å². The molecule has 0 saturated heterocycles. The highest BCUT2D eigenvalue weighted by molar-refractivity contribution is 6.30. The maximum atomic E-state index is 11.8. The summed E-state index contributed by atoms with van der Waals surface area (Å²) in [6, 6.07) is 15.5. The van der Waals surface area contributed by atoms with Crippen molar-refractivity contribution in [3.8, 4) is 0 Å². The van der Waals surface area contributed by atoms with Crippen LogP contribution in [0.5, 0.6) is 0 Å². The lowest BCUT2D eigenvalue weighted by molar-refractivity contribution is 0.0977. The van der Waals surface area contributed by atoms with Gasteiger partial charge in [0, 0.05) is 16.1 Å². The standard InChI is InChI=1S/C14H11ClN2O/c15-12-8-6-10(7-9-12)13(16)17-14(18)11-4-2-1-3-5-11/h1-9H,(H2,16,17,18). The van der Waals surface area contributed by atoms with Crippen LogP contribution in [-0.2, 0) is 0 Å². The minimum atomic E-state index is -0.296. The SMILES string of the molecule is N=C(NC(=O)c1ccccc1)c1ccc(Cl)cc1. The van der Waals surface area contributed by atoms with Crippen molar-refractivity contribution in [3.05, 3.63) is 70.7 Å². The van der Waals surface area contributed by atoms with E-state index in [1.165, 1.54) is 0 Å². The topological polar surface area (TPSA) is 53.0 Å². The van der Waals surface area contributed by atoms with E-state index in [-0.39, 0.29) is 11.7 Å². The molecule has 0 atom stereocenters. The van der Waals surface area contributed by atoms with Crippen LogP contribution in [0.25, 0.3) is 0 Å². The van der Waals surface area contributed by atoms with Gasteiger partial charge >= 0.3 is 0 Å². The first kappa shape index (κ1) is 12.3. The number of halogens is 1. The minimum absolute atomic E-state index is 0.0560. The molecule has 0 fully saturated rings. The molecule has 0 spiro atoms. The first-order chi connectivity index (χ1) is 8.66. The van der Waals surface area contributed by atoms with E-state index in [4.69, 9.17) is 17.0 Å². The smallest absolute Gasteiger partial charge is 0.256 e. The van der Waals surface area contributed by atoms with Crippen LogP contribution < -0.4 is 5.32 Å². The number of benzene rings is 2. The lowest BCUT2D eigenvalue weighted by Crippen LogP contribution is -2.30. The van der Waals surface area contributed by atoms with Crippen LogP contribution in [0, 0.1) is 5.41 Å². The van der Waals surface area contributed by atoms with Crippen molar-refractivity contribution in [2.45, 2.75) is 0 Å². The van der Waals surface area contributed by atoms with Gasteiger partial charge in [0.1, 0.15) is 5.84 Å². The third-order valence-electron chi connectivity index (χ3n) is 2.41. The third kappa shape index (κ3) is 2.96. The third-order valence-corrected chi connectivity index (χ3v) is 2.66. The monoisotopic (exact) mass is 258 g/mol. The van der Waals surface area contributed by atoms with E-state index in [9.17, 15) is 4.79 Å². The zero-order valence-corrected chi connectivity index (χ0v) is 10.2. The predicted molar refractivity (Wildman–Crippen MR) is 72.2 cm³/mol. The largest absolute Gasteiger partial charge is 0.307 e. The van der Waals surface area contributed by atoms with Gasteiger partial charge in [0.15, 0.2) is 0 Å². The Morgan fingerprint density at radius 2 is 1.56 bits per heavy atom. The number of hydrogen-bond acceptors (Lipinski definition) is 2. The van der Waals surface area contributed by atoms with Crippen molar-refractivity contribution in [3.63, 3.8) is 0 Å². The fourth-order valence-electron chi connectivity index (χ4n) is 1.46. The van der Waals surface area contributed by atoms with Gasteiger partial charge < -0.3 is 5.32 Å². The summed E-state index contributed by atoms with van der Waals surface area (Å²) >= 11 is 5.76. The molecule has 0 saturated carbocycles. The van der Waals surface area contributed by atoms with Gasteiger partial charge in [-0.25, -0.2) is 0 Å². The number of nitrogens with one attached hydrogen (secondary N) is 2. The summed E-state index contributed by atoms with van der Waals surface area (Å²) in [6.07, 6.45) is 0. The van der Waals surface area contributed by atoms with Crippen LogP contribution in [0.3, 0.4) is 0 Å². The zero-order valence-electron chi connectivity index (χ0n) is 9.48. The second kappa shape index (κ2) is 5.47. The molecule has 2 N–H and O–H groups in total. The molecule has 2 aromatic rings. The molecule has 3 nitrogen and oxygen atoms in total. The van der Waals surface area contributed by atoms with E-state index in [0.29, 0.717) is 16.1 Å². The van der Waals surface area contributed by atoms with Crippen LogP contribution in [-0.4, -0.2) is 11.7 Å². The zero-order chi connectivity index (χ0) is 13.0. The average molecular weight is 259 g/mol. The molecule has 0 radical (unpaired) electrons. The van der Waals surface area contributed by atoms with E-state index in [2.05, 4.69) is 5.32 Å². The maximum absolute atomic E-state index is 11.8. The molecule has 2 rings (SSSR count). The van der Waals surface area contributed by atoms with Gasteiger partial charge in [0.25, 0.3) is 5.91 Å². The quantitative estimate of drug-likeness (QED) is 0.631. The van der Waals surface area contributed by atoms with Crippen LogP contribution in [0.1, 0.15) is 15.9 Å². The van der Waals surface area contributed by atoms with Crippen molar-refractivity contribution in [1.82, 2.24) is 5.32 Å². The number of amidine groups is 1. The van der Waals surface area contributed by atoms with Gasteiger partial charge in [0.05, 0.1) is 0 Å². The lowest BCUT2D eigenvalue weighted by Gasteiger charge is -2.06. The highest BCUT2D eigenvalue weighted by atomic mass is 35.5. The minimum Gasteiger partial charge on any atom is -0.307 e. The fraction of sp³-hybridized carbons (Fsp3) is 0. The van der Waals surface area contributed by atoms with Crippen molar-refractivity contribution < 1.29 is 4.79 Å². The average Bonchev–Trinajstić information content (AvgIpc) is 2.40. The van der Waals surface area contributed by atoms with Crippen LogP contribution in [0.4, 0.5) is 0 Å². The van der Waals surface area contributed by atoms with Crippen molar-refractivity contribution in [1.29, 1.82) is 5.41 Å². The van der Waals surface area contributed by atoms with Crippen molar-refractivity contribution in [2.24, 2.45) is 0 Å². The molecular formula is C14H11ClN2O. The van der Waals surface area contributed by atoms with Gasteiger partial charge in [0.2, 0.25) is 0 Å². The van der Waals surface area contributed by atoms with E-state index in [0.717, 1.165) is 0 Å². The van der Waals surface area contributed by atoms with E-state index < -0.39 is 0 Å². The van der Waals surface area contributed by atoms with Gasteiger partial charge in [-0.1, -0.05) is 29.8 Å². The molecule has 18 heavy (non-hydrogen) atoms. The Morgan fingerprint density at radius 3 is 2.17 bits per heavy atom. The normalized spacial score (nSPS) is 9.83. The highest BCUT2D eigenvalue weighted by Crippen LogP contribution is 2.09. The van der Waals surface area contributed by atoms with Crippen molar-refractivity contribution >= 4 is 23.3 Å². The molecule has 0 unspecified atom stereocenters. The Morgan fingerprint density at radius 1 is 0.944 bits per heavy atom. The number of carbonyl (C=O) groups excluding carboxylic acids is 1. The molecule has 0 heterocycles. The molecule has 1 amide bonds. The summed E-state index contributed by atoms with van der Waals surface area (Å²) in [5, 5.41) is 10.9. The van der Waals surface area contributed by atoms with E-state index in [1.807, 2.05) is 6.07 Å². The molecule has 0 aliphatic carbocycles. The Bertz CT molecular complexity index is 564. The maximum Gasteiger partial charge on any atom is 0.256 e. The van der Waals surface area contributed by atoms with Crippen molar-refractivity contribution in [2.75, 3.05) is 0 Å².